The van der Waals surface area contributed by atoms with E-state index in [0.717, 1.165) is 13.0 Å². The number of hydrogen-bond donors (Lipinski definition) is 1. The SMILES string of the molecule is [CH2]CCN(CN)c1ccccc1. The molecule has 1 radical (unpaired) electrons. The Morgan fingerprint density at radius 3 is 2.42 bits per heavy atom. The Bertz CT molecular complexity index is 208. The molecule has 0 aliphatic carbocycles. The molecule has 0 unspecified atom stereocenters. The largest absolute Gasteiger partial charge is 0.359 e. The highest BCUT2D eigenvalue weighted by atomic mass is 15.2. The van der Waals surface area contributed by atoms with Crippen molar-refractivity contribution in [2.24, 2.45) is 5.73 Å². The van der Waals surface area contributed by atoms with Gasteiger partial charge < -0.3 is 10.6 Å². The molecule has 65 valence electrons. The van der Waals surface area contributed by atoms with Gasteiger partial charge in [0.1, 0.15) is 0 Å². The molecular weight excluding hydrogens is 148 g/mol. The van der Waals surface area contributed by atoms with Crippen LogP contribution in [-0.2, 0) is 0 Å². The van der Waals surface area contributed by atoms with Crippen LogP contribution >= 0.6 is 0 Å². The second kappa shape index (κ2) is 4.78. The van der Waals surface area contributed by atoms with Crippen molar-refractivity contribution in [1.82, 2.24) is 0 Å². The van der Waals surface area contributed by atoms with Gasteiger partial charge in [0.05, 0.1) is 6.67 Å². The van der Waals surface area contributed by atoms with Crippen molar-refractivity contribution in [3.05, 3.63) is 37.3 Å². The summed E-state index contributed by atoms with van der Waals surface area (Å²) in [4.78, 5) is 2.10. The van der Waals surface area contributed by atoms with E-state index < -0.39 is 0 Å². The Balaban J connectivity index is 2.66. The summed E-state index contributed by atoms with van der Waals surface area (Å²) in [6, 6.07) is 10.1. The normalized spacial score (nSPS) is 9.83. The van der Waals surface area contributed by atoms with Gasteiger partial charge >= 0.3 is 0 Å². The maximum atomic E-state index is 5.59. The Kier molecular flexibility index (Phi) is 3.61. The summed E-state index contributed by atoms with van der Waals surface area (Å²) >= 11 is 0. The van der Waals surface area contributed by atoms with E-state index in [1.807, 2.05) is 18.2 Å². The smallest absolute Gasteiger partial charge is 0.0657 e. The van der Waals surface area contributed by atoms with Crippen molar-refractivity contribution < 1.29 is 0 Å². The summed E-state index contributed by atoms with van der Waals surface area (Å²) < 4.78 is 0. The van der Waals surface area contributed by atoms with Crippen LogP contribution in [0, 0.1) is 6.92 Å². The predicted molar refractivity (Wildman–Crippen MR) is 52.8 cm³/mol. The molecule has 0 aromatic heterocycles. The van der Waals surface area contributed by atoms with E-state index in [1.54, 1.807) is 0 Å². The van der Waals surface area contributed by atoms with E-state index in [2.05, 4.69) is 24.0 Å². The molecule has 0 aliphatic heterocycles. The maximum absolute atomic E-state index is 5.59. The van der Waals surface area contributed by atoms with E-state index >= 15 is 0 Å². The van der Waals surface area contributed by atoms with E-state index in [-0.39, 0.29) is 0 Å². The first-order chi connectivity index (χ1) is 5.88. The van der Waals surface area contributed by atoms with E-state index in [0.29, 0.717) is 6.67 Å². The third-order valence-electron chi connectivity index (χ3n) is 1.77. The minimum atomic E-state index is 0.555. The summed E-state index contributed by atoms with van der Waals surface area (Å²) in [5.74, 6) is 0. The van der Waals surface area contributed by atoms with Gasteiger partial charge in [-0.05, 0) is 18.6 Å². The molecule has 0 spiro atoms. The van der Waals surface area contributed by atoms with E-state index in [4.69, 9.17) is 5.73 Å². The van der Waals surface area contributed by atoms with Gasteiger partial charge in [0.25, 0.3) is 0 Å². The van der Waals surface area contributed by atoms with Gasteiger partial charge in [0, 0.05) is 12.2 Å². The lowest BCUT2D eigenvalue weighted by atomic mass is 10.3. The second-order valence-corrected chi connectivity index (χ2v) is 2.64. The molecule has 0 aliphatic rings. The van der Waals surface area contributed by atoms with Gasteiger partial charge in [-0.1, -0.05) is 25.1 Å². The predicted octanol–water partition coefficient (Wildman–Crippen LogP) is 1.63. The van der Waals surface area contributed by atoms with Crippen LogP contribution in [0.15, 0.2) is 30.3 Å². The fourth-order valence-corrected chi connectivity index (χ4v) is 1.16. The number of anilines is 1. The Morgan fingerprint density at radius 2 is 1.92 bits per heavy atom. The Hall–Kier alpha value is -1.02. The monoisotopic (exact) mass is 163 g/mol. The quantitative estimate of drug-likeness (QED) is 0.684. The first kappa shape index (κ1) is 9.07. The maximum Gasteiger partial charge on any atom is 0.0657 e. The highest BCUT2D eigenvalue weighted by Crippen LogP contribution is 2.11. The van der Waals surface area contributed by atoms with Crippen LogP contribution in [-0.4, -0.2) is 13.2 Å². The zero-order valence-corrected chi connectivity index (χ0v) is 7.24. The molecule has 1 aromatic carbocycles. The number of rotatable bonds is 4. The number of hydrogen-bond acceptors (Lipinski definition) is 2. The van der Waals surface area contributed by atoms with Crippen molar-refractivity contribution in [2.75, 3.05) is 18.1 Å². The lowest BCUT2D eigenvalue weighted by Crippen LogP contribution is -2.30. The lowest BCUT2D eigenvalue weighted by Gasteiger charge is -2.21. The van der Waals surface area contributed by atoms with E-state index in [1.165, 1.54) is 5.69 Å². The topological polar surface area (TPSA) is 29.3 Å². The number of para-hydroxylation sites is 1. The van der Waals surface area contributed by atoms with Crippen molar-refractivity contribution in [3.8, 4) is 0 Å². The van der Waals surface area contributed by atoms with Crippen LogP contribution in [0.2, 0.25) is 0 Å². The Morgan fingerprint density at radius 1 is 1.25 bits per heavy atom. The molecule has 2 heteroatoms. The third kappa shape index (κ3) is 2.24. The average Bonchev–Trinajstić information content (AvgIpc) is 2.15. The van der Waals surface area contributed by atoms with Crippen LogP contribution < -0.4 is 10.6 Å². The molecule has 0 saturated heterocycles. The zero-order valence-electron chi connectivity index (χ0n) is 7.24. The highest BCUT2D eigenvalue weighted by molar-refractivity contribution is 5.45. The molecule has 2 N–H and O–H groups in total. The van der Waals surface area contributed by atoms with Crippen molar-refractivity contribution in [3.63, 3.8) is 0 Å². The van der Waals surface area contributed by atoms with Crippen molar-refractivity contribution in [2.45, 2.75) is 6.42 Å². The molecule has 0 fully saturated rings. The first-order valence-corrected chi connectivity index (χ1v) is 4.17. The minimum Gasteiger partial charge on any atom is -0.359 e. The summed E-state index contributed by atoms with van der Waals surface area (Å²) in [5, 5.41) is 0. The van der Waals surface area contributed by atoms with Gasteiger partial charge in [-0.15, -0.1) is 0 Å². The Labute approximate surface area is 74.0 Å². The van der Waals surface area contributed by atoms with Gasteiger partial charge in [-0.25, -0.2) is 0 Å². The number of nitrogens with zero attached hydrogens (tertiary/aromatic N) is 1. The molecule has 1 rings (SSSR count). The molecular formula is C10H15N2. The van der Waals surface area contributed by atoms with Crippen molar-refractivity contribution in [1.29, 1.82) is 0 Å². The van der Waals surface area contributed by atoms with Crippen LogP contribution in [0.25, 0.3) is 0 Å². The third-order valence-corrected chi connectivity index (χ3v) is 1.77. The fraction of sp³-hybridized carbons (Fsp3) is 0.300. The summed E-state index contributed by atoms with van der Waals surface area (Å²) in [7, 11) is 0. The molecule has 0 heterocycles. The zero-order chi connectivity index (χ0) is 8.81. The number of benzene rings is 1. The molecule has 0 bridgehead atoms. The van der Waals surface area contributed by atoms with Crippen LogP contribution in [0.4, 0.5) is 5.69 Å². The summed E-state index contributed by atoms with van der Waals surface area (Å²) in [6.45, 7) is 5.27. The van der Waals surface area contributed by atoms with Gasteiger partial charge in [-0.3, -0.25) is 0 Å². The van der Waals surface area contributed by atoms with Gasteiger partial charge in [0.2, 0.25) is 0 Å². The molecule has 0 amide bonds. The second-order valence-electron chi connectivity index (χ2n) is 2.64. The molecule has 12 heavy (non-hydrogen) atoms. The van der Waals surface area contributed by atoms with Crippen LogP contribution in [0.3, 0.4) is 0 Å². The van der Waals surface area contributed by atoms with Gasteiger partial charge in [0.15, 0.2) is 0 Å². The molecule has 0 saturated carbocycles. The summed E-state index contributed by atoms with van der Waals surface area (Å²) in [6.07, 6.45) is 0.881. The fourth-order valence-electron chi connectivity index (χ4n) is 1.16. The molecule has 2 nitrogen and oxygen atoms in total. The average molecular weight is 163 g/mol. The summed E-state index contributed by atoms with van der Waals surface area (Å²) in [5.41, 5.74) is 6.76. The lowest BCUT2D eigenvalue weighted by molar-refractivity contribution is 0.804. The highest BCUT2D eigenvalue weighted by Gasteiger charge is 1.99. The van der Waals surface area contributed by atoms with Crippen LogP contribution in [0.5, 0.6) is 0 Å². The number of nitrogens with two attached hydrogens (primary N) is 1. The van der Waals surface area contributed by atoms with Gasteiger partial charge in [-0.2, -0.15) is 0 Å². The standard InChI is InChI=1S/C10H15N2/c1-2-8-12(9-11)10-6-4-3-5-7-10/h3-7H,1-2,8-9,11H2. The minimum absolute atomic E-state index is 0.555. The van der Waals surface area contributed by atoms with Crippen molar-refractivity contribution >= 4 is 5.69 Å². The van der Waals surface area contributed by atoms with Crippen LogP contribution in [0.1, 0.15) is 6.42 Å². The first-order valence-electron chi connectivity index (χ1n) is 4.17. The molecule has 0 atom stereocenters. The van der Waals surface area contributed by atoms with E-state index in [9.17, 15) is 0 Å². The molecule has 1 aromatic rings.